The van der Waals surface area contributed by atoms with Crippen LogP contribution in [-0.4, -0.2) is 36.3 Å². The zero-order chi connectivity index (χ0) is 21.1. The molecule has 30 heavy (non-hydrogen) atoms. The van der Waals surface area contributed by atoms with Crippen molar-refractivity contribution in [1.82, 2.24) is 10.2 Å². The first kappa shape index (κ1) is 20.6. The lowest BCUT2D eigenvalue weighted by Crippen LogP contribution is -2.54. The van der Waals surface area contributed by atoms with Gasteiger partial charge in [0.05, 0.1) is 5.41 Å². The van der Waals surface area contributed by atoms with E-state index in [1.807, 2.05) is 36.1 Å². The highest BCUT2D eigenvalue weighted by Gasteiger charge is 2.47. The Balaban J connectivity index is 1.65. The Morgan fingerprint density at radius 1 is 1.10 bits per heavy atom. The fourth-order valence-electron chi connectivity index (χ4n) is 4.92. The van der Waals surface area contributed by atoms with Crippen LogP contribution in [0.25, 0.3) is 11.1 Å². The summed E-state index contributed by atoms with van der Waals surface area (Å²) >= 11 is 0. The summed E-state index contributed by atoms with van der Waals surface area (Å²) in [6.45, 7) is 5.99. The van der Waals surface area contributed by atoms with E-state index in [0.717, 1.165) is 31.4 Å². The molecule has 0 spiro atoms. The van der Waals surface area contributed by atoms with Crippen molar-refractivity contribution in [2.75, 3.05) is 19.6 Å². The first-order valence-corrected chi connectivity index (χ1v) is 11.2. The third-order valence-electron chi connectivity index (χ3n) is 6.77. The van der Waals surface area contributed by atoms with Gasteiger partial charge in [0.15, 0.2) is 0 Å². The van der Waals surface area contributed by atoms with Gasteiger partial charge < -0.3 is 10.2 Å². The predicted octanol–water partition coefficient (Wildman–Crippen LogP) is 4.30. The van der Waals surface area contributed by atoms with Gasteiger partial charge in [-0.1, -0.05) is 61.5 Å². The van der Waals surface area contributed by atoms with E-state index in [9.17, 15) is 9.59 Å². The molecule has 2 fully saturated rings. The molecule has 3 atom stereocenters. The number of carbonyl (C=O) groups is 2. The minimum absolute atomic E-state index is 0.0780. The van der Waals surface area contributed by atoms with E-state index in [0.29, 0.717) is 25.4 Å². The fourth-order valence-corrected chi connectivity index (χ4v) is 4.92. The molecule has 4 nitrogen and oxygen atoms in total. The maximum atomic E-state index is 13.3. The molecule has 158 valence electrons. The van der Waals surface area contributed by atoms with E-state index in [1.54, 1.807) is 0 Å². The highest BCUT2D eigenvalue weighted by Crippen LogP contribution is 2.42. The van der Waals surface area contributed by atoms with Crippen molar-refractivity contribution in [3.8, 4) is 11.1 Å². The molecule has 2 aromatic carbocycles. The van der Waals surface area contributed by atoms with Crippen molar-refractivity contribution in [1.29, 1.82) is 0 Å². The first-order chi connectivity index (χ1) is 14.5. The largest absolute Gasteiger partial charge is 0.356 e. The number of carbonyl (C=O) groups excluding carboxylic acids is 2. The Morgan fingerprint density at radius 2 is 1.80 bits per heavy atom. The Kier molecular flexibility index (Phi) is 5.94. The van der Waals surface area contributed by atoms with Crippen LogP contribution in [0.3, 0.4) is 0 Å². The molecule has 1 heterocycles. The second kappa shape index (κ2) is 8.63. The van der Waals surface area contributed by atoms with Crippen molar-refractivity contribution in [3.05, 3.63) is 60.2 Å². The third kappa shape index (κ3) is 4.14. The summed E-state index contributed by atoms with van der Waals surface area (Å²) in [6, 6.07) is 18.7. The second-order valence-electron chi connectivity index (χ2n) is 9.02. The van der Waals surface area contributed by atoms with Gasteiger partial charge >= 0.3 is 0 Å². The Morgan fingerprint density at radius 3 is 2.50 bits per heavy atom. The van der Waals surface area contributed by atoms with Crippen molar-refractivity contribution >= 4 is 11.8 Å². The van der Waals surface area contributed by atoms with Crippen molar-refractivity contribution < 1.29 is 9.59 Å². The van der Waals surface area contributed by atoms with Crippen LogP contribution in [0.2, 0.25) is 0 Å². The molecule has 1 aliphatic heterocycles. The van der Waals surface area contributed by atoms with Gasteiger partial charge in [0.2, 0.25) is 11.8 Å². The molecule has 0 aromatic heterocycles. The lowest BCUT2D eigenvalue weighted by Gasteiger charge is -2.42. The summed E-state index contributed by atoms with van der Waals surface area (Å²) in [5.41, 5.74) is 2.92. The number of benzene rings is 2. The molecule has 0 bridgehead atoms. The van der Waals surface area contributed by atoms with E-state index in [1.165, 1.54) is 11.1 Å². The highest BCUT2D eigenvalue weighted by molar-refractivity contribution is 5.86. The summed E-state index contributed by atoms with van der Waals surface area (Å²) in [5.74, 6) is 0.963. The van der Waals surface area contributed by atoms with Crippen LogP contribution < -0.4 is 5.32 Å². The topological polar surface area (TPSA) is 49.4 Å². The summed E-state index contributed by atoms with van der Waals surface area (Å²) in [5, 5.41) is 3.07. The van der Waals surface area contributed by atoms with Crippen LogP contribution in [0.4, 0.5) is 0 Å². The van der Waals surface area contributed by atoms with Gasteiger partial charge in [-0.3, -0.25) is 9.59 Å². The zero-order valence-corrected chi connectivity index (χ0v) is 18.1. The normalized spacial score (nSPS) is 25.6. The number of hydrogen-bond acceptors (Lipinski definition) is 2. The second-order valence-corrected chi connectivity index (χ2v) is 9.02. The zero-order valence-electron chi connectivity index (χ0n) is 18.1. The summed E-state index contributed by atoms with van der Waals surface area (Å²) in [6.07, 6.45) is 3.32. The molecule has 1 aliphatic carbocycles. The lowest BCUT2D eigenvalue weighted by atomic mass is 9.73. The molecule has 4 rings (SSSR count). The Hall–Kier alpha value is -2.62. The fraction of sp³-hybridized carbons (Fsp3) is 0.462. The molecular formula is C26H32N2O2. The average Bonchev–Trinajstić information content (AvgIpc) is 3.51. The Labute approximate surface area is 179 Å². The van der Waals surface area contributed by atoms with Gasteiger partial charge in [-0.25, -0.2) is 0 Å². The minimum Gasteiger partial charge on any atom is -0.356 e. The van der Waals surface area contributed by atoms with E-state index < -0.39 is 5.41 Å². The summed E-state index contributed by atoms with van der Waals surface area (Å²) in [4.78, 5) is 28.3. The van der Waals surface area contributed by atoms with E-state index in [4.69, 9.17) is 0 Å². The molecule has 1 saturated carbocycles. The number of nitrogens with zero attached hydrogens (tertiary/aromatic N) is 1. The van der Waals surface area contributed by atoms with Crippen LogP contribution in [0.1, 0.15) is 38.7 Å². The van der Waals surface area contributed by atoms with E-state index in [-0.39, 0.29) is 17.7 Å². The molecule has 2 amide bonds. The smallest absolute Gasteiger partial charge is 0.228 e. The summed E-state index contributed by atoms with van der Waals surface area (Å²) < 4.78 is 0. The number of nitrogens with one attached hydrogen (secondary N) is 1. The predicted molar refractivity (Wildman–Crippen MR) is 120 cm³/mol. The molecule has 2 aliphatic rings. The number of amides is 2. The van der Waals surface area contributed by atoms with Crippen molar-refractivity contribution in [3.63, 3.8) is 0 Å². The lowest BCUT2D eigenvalue weighted by molar-refractivity contribution is -0.142. The van der Waals surface area contributed by atoms with Crippen molar-refractivity contribution in [2.24, 2.45) is 17.3 Å². The van der Waals surface area contributed by atoms with Crippen LogP contribution in [0.5, 0.6) is 0 Å². The van der Waals surface area contributed by atoms with Crippen LogP contribution >= 0.6 is 0 Å². The van der Waals surface area contributed by atoms with E-state index in [2.05, 4.69) is 42.6 Å². The number of rotatable bonds is 6. The molecular weight excluding hydrogens is 372 g/mol. The van der Waals surface area contributed by atoms with Gasteiger partial charge in [0.1, 0.15) is 0 Å². The average molecular weight is 405 g/mol. The molecule has 2 aromatic rings. The molecule has 1 saturated heterocycles. The maximum Gasteiger partial charge on any atom is 0.228 e. The van der Waals surface area contributed by atoms with Gasteiger partial charge in [-0.15, -0.1) is 0 Å². The number of hydrogen-bond donors (Lipinski definition) is 1. The number of likely N-dealkylation sites (tertiary alicyclic amines) is 1. The molecule has 4 heteroatoms. The maximum absolute atomic E-state index is 13.3. The van der Waals surface area contributed by atoms with Crippen LogP contribution in [-0.2, 0) is 16.0 Å². The summed E-state index contributed by atoms with van der Waals surface area (Å²) in [7, 11) is 0. The molecule has 0 unspecified atom stereocenters. The van der Waals surface area contributed by atoms with Crippen LogP contribution in [0, 0.1) is 17.3 Å². The van der Waals surface area contributed by atoms with Gasteiger partial charge in [-0.2, -0.15) is 0 Å². The Bertz CT molecular complexity index is 910. The third-order valence-corrected chi connectivity index (χ3v) is 6.77. The minimum atomic E-state index is -0.576. The van der Waals surface area contributed by atoms with Crippen LogP contribution in [0.15, 0.2) is 54.6 Å². The standard InChI is InChI=1S/C26H32N2O2/c1-3-27-25(30)26(14-9-15-28(18-26)24(29)23-16-19(23)2)17-21-12-7-8-13-22(21)20-10-5-4-6-11-20/h4-8,10-13,19,23H,3,9,14-18H2,1-2H3,(H,27,30)/t19-,23+,26+/m1/s1. The van der Waals surface area contributed by atoms with Gasteiger partial charge in [0, 0.05) is 25.6 Å². The van der Waals surface area contributed by atoms with Gasteiger partial charge in [0.25, 0.3) is 0 Å². The van der Waals surface area contributed by atoms with Crippen molar-refractivity contribution in [2.45, 2.75) is 39.5 Å². The molecule has 1 N–H and O–H groups in total. The van der Waals surface area contributed by atoms with E-state index >= 15 is 0 Å². The highest BCUT2D eigenvalue weighted by atomic mass is 16.2. The quantitative estimate of drug-likeness (QED) is 0.780. The molecule has 0 radical (unpaired) electrons. The SMILES string of the molecule is CCNC(=O)[C@]1(Cc2ccccc2-c2ccccc2)CCCN(C(=O)[C@H]2C[C@H]2C)C1. The van der Waals surface area contributed by atoms with Gasteiger partial charge in [-0.05, 0) is 55.2 Å². The number of piperidine rings is 1. The monoisotopic (exact) mass is 404 g/mol. The first-order valence-electron chi connectivity index (χ1n) is 11.2.